The van der Waals surface area contributed by atoms with Crippen molar-refractivity contribution in [2.24, 2.45) is 0 Å². The maximum atomic E-state index is 12.6. The SMILES string of the molecule is C=Cc1n[nH]c(F)c1C=C.CC.CC.[CH3-].[K+]. The standard InChI is InChI=1S/C7H7FN2.2C2H6.CH3.K/c1-3-5-6(4-2)9-10-7(5)8;2*1-2;;/h3-4H,1-2H2,(H,9,10);2*1-2H3;1H3;/q;;;-1;+1. The van der Waals surface area contributed by atoms with E-state index in [2.05, 4.69) is 23.4 Å². The van der Waals surface area contributed by atoms with Gasteiger partial charge in [-0.3, -0.25) is 5.10 Å². The molecule has 0 unspecified atom stereocenters. The summed E-state index contributed by atoms with van der Waals surface area (Å²) in [5.74, 6) is -0.468. The maximum absolute atomic E-state index is 12.6. The minimum atomic E-state index is -0.468. The first-order valence-electron chi connectivity index (χ1n) is 4.78. The molecule has 0 spiro atoms. The molecule has 0 aromatic carbocycles. The fraction of sp³-hybridized carbons (Fsp3) is 0.333. The Morgan fingerprint density at radius 3 is 1.81 bits per heavy atom. The quantitative estimate of drug-likeness (QED) is 0.624. The van der Waals surface area contributed by atoms with Crippen LogP contribution in [0.4, 0.5) is 4.39 Å². The van der Waals surface area contributed by atoms with Crippen molar-refractivity contribution in [1.29, 1.82) is 0 Å². The van der Waals surface area contributed by atoms with E-state index in [9.17, 15) is 4.39 Å². The maximum Gasteiger partial charge on any atom is 1.00 e. The van der Waals surface area contributed by atoms with E-state index in [0.29, 0.717) is 11.3 Å². The first-order valence-corrected chi connectivity index (χ1v) is 4.78. The predicted octanol–water partition coefficient (Wildman–Crippen LogP) is 1.34. The molecule has 0 bridgehead atoms. The van der Waals surface area contributed by atoms with Crippen LogP contribution in [-0.4, -0.2) is 10.2 Å². The molecule has 4 heteroatoms. The predicted molar refractivity (Wildman–Crippen MR) is 67.8 cm³/mol. The van der Waals surface area contributed by atoms with Gasteiger partial charge < -0.3 is 7.43 Å². The van der Waals surface area contributed by atoms with Crippen molar-refractivity contribution in [2.45, 2.75) is 27.7 Å². The summed E-state index contributed by atoms with van der Waals surface area (Å²) in [6.07, 6.45) is 2.87. The molecule has 0 saturated carbocycles. The summed E-state index contributed by atoms with van der Waals surface area (Å²) in [5.41, 5.74) is 0.863. The third-order valence-corrected chi connectivity index (χ3v) is 1.18. The van der Waals surface area contributed by atoms with Crippen molar-refractivity contribution in [3.63, 3.8) is 0 Å². The normalized spacial score (nSPS) is 6.56. The second-order valence-electron chi connectivity index (χ2n) is 1.74. The van der Waals surface area contributed by atoms with Gasteiger partial charge in [0.25, 0.3) is 0 Å². The number of nitrogens with zero attached hydrogens (tertiary/aromatic N) is 1. The van der Waals surface area contributed by atoms with Crippen LogP contribution in [0.15, 0.2) is 13.2 Å². The molecule has 0 amide bonds. The molecular weight excluding hydrogens is 230 g/mol. The van der Waals surface area contributed by atoms with Crippen molar-refractivity contribution < 1.29 is 55.8 Å². The Morgan fingerprint density at radius 2 is 1.56 bits per heavy atom. The fourth-order valence-corrected chi connectivity index (χ4v) is 0.692. The van der Waals surface area contributed by atoms with E-state index in [0.717, 1.165) is 0 Å². The topological polar surface area (TPSA) is 28.7 Å². The van der Waals surface area contributed by atoms with Gasteiger partial charge in [-0.25, -0.2) is 0 Å². The van der Waals surface area contributed by atoms with Crippen LogP contribution in [0.5, 0.6) is 0 Å². The van der Waals surface area contributed by atoms with Crippen LogP contribution >= 0.6 is 0 Å². The number of halogens is 1. The third-order valence-electron chi connectivity index (χ3n) is 1.18. The summed E-state index contributed by atoms with van der Waals surface area (Å²) >= 11 is 0. The number of hydrogen-bond acceptors (Lipinski definition) is 1. The van der Waals surface area contributed by atoms with Gasteiger partial charge in [-0.05, 0) is 6.08 Å². The summed E-state index contributed by atoms with van der Waals surface area (Å²) in [6, 6.07) is 0. The average molecular weight is 252 g/mol. The Hall–Kier alpha value is 0.256. The van der Waals surface area contributed by atoms with Crippen molar-refractivity contribution in [3.8, 4) is 0 Å². The van der Waals surface area contributed by atoms with Crippen LogP contribution in [0.1, 0.15) is 39.0 Å². The van der Waals surface area contributed by atoms with E-state index in [1.165, 1.54) is 12.2 Å². The average Bonchev–Trinajstić information content (AvgIpc) is 2.64. The van der Waals surface area contributed by atoms with Crippen LogP contribution < -0.4 is 51.4 Å². The Balaban J connectivity index is -0.000000109. The molecule has 1 aromatic heterocycles. The number of hydrogen-bond donors (Lipinski definition) is 1. The zero-order valence-electron chi connectivity index (χ0n) is 11.4. The zero-order valence-corrected chi connectivity index (χ0v) is 14.5. The van der Waals surface area contributed by atoms with Gasteiger partial charge in [-0.2, -0.15) is 9.49 Å². The van der Waals surface area contributed by atoms with Gasteiger partial charge in [-0.1, -0.05) is 46.9 Å². The summed E-state index contributed by atoms with van der Waals surface area (Å²) in [7, 11) is 0. The first-order chi connectivity index (χ1) is 6.79. The smallest absolute Gasteiger partial charge is 0.358 e. The molecule has 16 heavy (non-hydrogen) atoms. The van der Waals surface area contributed by atoms with Crippen LogP contribution in [0, 0.1) is 13.4 Å². The monoisotopic (exact) mass is 252 g/mol. The minimum Gasteiger partial charge on any atom is -0.358 e. The van der Waals surface area contributed by atoms with Crippen molar-refractivity contribution >= 4 is 12.2 Å². The van der Waals surface area contributed by atoms with Crippen molar-refractivity contribution in [3.05, 3.63) is 37.8 Å². The molecule has 0 aliphatic heterocycles. The van der Waals surface area contributed by atoms with Crippen LogP contribution in [0.3, 0.4) is 0 Å². The summed E-state index contributed by atoms with van der Waals surface area (Å²) in [4.78, 5) is 0. The van der Waals surface area contributed by atoms with E-state index in [1.807, 2.05) is 27.7 Å². The van der Waals surface area contributed by atoms with Gasteiger partial charge in [0.1, 0.15) is 0 Å². The second-order valence-corrected chi connectivity index (χ2v) is 1.74. The van der Waals surface area contributed by atoms with Gasteiger partial charge in [0, 0.05) is 0 Å². The van der Waals surface area contributed by atoms with E-state index < -0.39 is 5.95 Å². The van der Waals surface area contributed by atoms with Crippen LogP contribution in [-0.2, 0) is 0 Å². The van der Waals surface area contributed by atoms with Crippen molar-refractivity contribution in [1.82, 2.24) is 10.2 Å². The number of rotatable bonds is 2. The molecule has 0 atom stereocenters. The molecule has 0 saturated heterocycles. The molecule has 0 fully saturated rings. The summed E-state index contributed by atoms with van der Waals surface area (Å²) in [5, 5.41) is 5.80. The summed E-state index contributed by atoms with van der Waals surface area (Å²) < 4.78 is 12.6. The summed E-state index contributed by atoms with van der Waals surface area (Å²) in [6.45, 7) is 14.9. The molecule has 0 aliphatic carbocycles. The van der Waals surface area contributed by atoms with E-state index in [-0.39, 0.29) is 58.8 Å². The molecule has 0 aliphatic rings. The molecule has 1 heterocycles. The van der Waals surface area contributed by atoms with Crippen LogP contribution in [0.25, 0.3) is 12.2 Å². The third kappa shape index (κ3) is 8.41. The number of H-pyrrole nitrogens is 1. The van der Waals surface area contributed by atoms with Gasteiger partial charge in [0.05, 0.1) is 11.3 Å². The molecule has 1 aromatic rings. The molecule has 88 valence electrons. The number of nitrogens with one attached hydrogen (secondary N) is 1. The Labute approximate surface area is 142 Å². The Bertz CT molecular complexity index is 270. The van der Waals surface area contributed by atoms with Gasteiger partial charge in [-0.15, -0.1) is 0 Å². The van der Waals surface area contributed by atoms with Gasteiger partial charge >= 0.3 is 51.4 Å². The van der Waals surface area contributed by atoms with Crippen molar-refractivity contribution in [2.75, 3.05) is 0 Å². The first kappa shape index (κ1) is 25.2. The molecular formula is C12H22FKN2. The largest absolute Gasteiger partial charge is 1.00 e. The fourth-order valence-electron chi connectivity index (χ4n) is 0.692. The molecule has 0 radical (unpaired) electrons. The number of aromatic nitrogens is 2. The van der Waals surface area contributed by atoms with E-state index in [1.54, 1.807) is 0 Å². The molecule has 1 N–H and O–H groups in total. The minimum absolute atomic E-state index is 0. The van der Waals surface area contributed by atoms with Crippen LogP contribution in [0.2, 0.25) is 0 Å². The van der Waals surface area contributed by atoms with Gasteiger partial charge in [0.2, 0.25) is 5.95 Å². The van der Waals surface area contributed by atoms with E-state index in [4.69, 9.17) is 0 Å². The van der Waals surface area contributed by atoms with E-state index >= 15 is 0 Å². The van der Waals surface area contributed by atoms with Gasteiger partial charge in [0.15, 0.2) is 0 Å². The Kier molecular flexibility index (Phi) is 27.8. The zero-order chi connectivity index (χ0) is 11.6. The Morgan fingerprint density at radius 1 is 1.12 bits per heavy atom. The molecule has 1 rings (SSSR count). The number of aromatic amines is 1. The second kappa shape index (κ2) is 17.6. The molecule has 2 nitrogen and oxygen atoms in total.